The Morgan fingerprint density at radius 1 is 0.926 bits per heavy atom. The predicted octanol–water partition coefficient (Wildman–Crippen LogP) is 6.61. The molecule has 1 aromatic heterocycles. The van der Waals surface area contributed by atoms with Gasteiger partial charge >= 0.3 is 0 Å². The van der Waals surface area contributed by atoms with Crippen LogP contribution in [-0.2, 0) is 0 Å². The Morgan fingerprint density at radius 2 is 1.67 bits per heavy atom. The van der Waals surface area contributed by atoms with Gasteiger partial charge in [-0.1, -0.05) is 56.6 Å². The van der Waals surface area contributed by atoms with E-state index in [1.165, 1.54) is 63.0 Å². The van der Waals surface area contributed by atoms with E-state index in [2.05, 4.69) is 35.9 Å². The van der Waals surface area contributed by atoms with Crippen LogP contribution in [-0.4, -0.2) is 4.98 Å². The van der Waals surface area contributed by atoms with E-state index in [1.807, 2.05) is 12.1 Å². The molecule has 0 radical (unpaired) electrons. The maximum Gasteiger partial charge on any atom is 0.231 e. The van der Waals surface area contributed by atoms with Crippen molar-refractivity contribution in [2.24, 2.45) is 5.92 Å². The Bertz CT molecular complexity index is 793. The summed E-state index contributed by atoms with van der Waals surface area (Å²) in [7, 11) is 0. The first-order chi connectivity index (χ1) is 13.2. The molecule has 1 heterocycles. The van der Waals surface area contributed by atoms with Gasteiger partial charge in [0.15, 0.2) is 0 Å². The lowest BCUT2D eigenvalue weighted by atomic mass is 9.77. The number of hydrogen-bond donors (Lipinski definition) is 0. The molecule has 3 heteroatoms. The summed E-state index contributed by atoms with van der Waals surface area (Å²) in [6, 6.07) is 10.7. The van der Waals surface area contributed by atoms with Gasteiger partial charge in [-0.2, -0.15) is 13.8 Å². The number of hydrogen-bond acceptors (Lipinski definition) is 1. The van der Waals surface area contributed by atoms with Crippen LogP contribution in [0.3, 0.4) is 0 Å². The SMILES string of the molecule is CCCCCC1CCC(c2ccc(C#Cc3ccc(F)nc3F)cc2)CC1. The van der Waals surface area contributed by atoms with Crippen LogP contribution < -0.4 is 0 Å². The maximum absolute atomic E-state index is 13.5. The smallest absolute Gasteiger partial charge is 0.189 e. The van der Waals surface area contributed by atoms with Crippen molar-refractivity contribution in [2.75, 3.05) is 0 Å². The fraction of sp³-hybridized carbons (Fsp3) is 0.458. The number of halogens is 2. The molecule has 1 aromatic carbocycles. The number of unbranched alkanes of at least 4 members (excludes halogenated alkanes) is 2. The number of aromatic nitrogens is 1. The van der Waals surface area contributed by atoms with Gasteiger partial charge in [0.1, 0.15) is 0 Å². The second kappa shape index (κ2) is 9.65. The molecule has 0 aliphatic heterocycles. The number of pyridine rings is 1. The monoisotopic (exact) mass is 367 g/mol. The third kappa shape index (κ3) is 5.63. The van der Waals surface area contributed by atoms with E-state index in [1.54, 1.807) is 0 Å². The zero-order chi connectivity index (χ0) is 19.1. The average molecular weight is 367 g/mol. The zero-order valence-electron chi connectivity index (χ0n) is 16.0. The molecule has 0 N–H and O–H groups in total. The molecule has 0 unspecified atom stereocenters. The molecular weight excluding hydrogens is 340 g/mol. The molecule has 0 saturated heterocycles. The van der Waals surface area contributed by atoms with Gasteiger partial charge < -0.3 is 0 Å². The molecule has 1 aliphatic rings. The predicted molar refractivity (Wildman–Crippen MR) is 105 cm³/mol. The van der Waals surface area contributed by atoms with Crippen molar-refractivity contribution >= 4 is 0 Å². The molecule has 0 atom stereocenters. The van der Waals surface area contributed by atoms with Crippen LogP contribution in [0, 0.1) is 29.7 Å². The zero-order valence-corrected chi connectivity index (χ0v) is 16.0. The molecule has 1 nitrogen and oxygen atoms in total. The van der Waals surface area contributed by atoms with Crippen molar-refractivity contribution in [2.45, 2.75) is 64.2 Å². The Hall–Kier alpha value is -2.21. The van der Waals surface area contributed by atoms with Crippen molar-refractivity contribution < 1.29 is 8.78 Å². The van der Waals surface area contributed by atoms with E-state index in [9.17, 15) is 8.78 Å². The van der Waals surface area contributed by atoms with Gasteiger partial charge in [-0.15, -0.1) is 0 Å². The Labute approximate surface area is 161 Å². The standard InChI is InChI=1S/C24H27F2N/c1-2-3-4-5-18-6-11-20(12-7-18)21-13-8-19(9-14-21)10-15-22-16-17-23(25)27-24(22)26/h8-9,13-14,16-18,20H,2-7,11-12H2,1H3. The van der Waals surface area contributed by atoms with Crippen molar-refractivity contribution in [3.63, 3.8) is 0 Å². The van der Waals surface area contributed by atoms with Gasteiger partial charge in [0.25, 0.3) is 0 Å². The second-order valence-corrected chi connectivity index (χ2v) is 7.56. The van der Waals surface area contributed by atoms with Gasteiger partial charge in [0.2, 0.25) is 11.9 Å². The van der Waals surface area contributed by atoms with Crippen LogP contribution in [0.2, 0.25) is 0 Å². The van der Waals surface area contributed by atoms with Crippen molar-refractivity contribution in [1.29, 1.82) is 0 Å². The molecule has 27 heavy (non-hydrogen) atoms. The lowest BCUT2D eigenvalue weighted by molar-refractivity contribution is 0.303. The summed E-state index contributed by atoms with van der Waals surface area (Å²) in [5.74, 6) is 5.53. The number of benzene rings is 1. The molecular formula is C24H27F2N. The lowest BCUT2D eigenvalue weighted by Gasteiger charge is -2.29. The summed E-state index contributed by atoms with van der Waals surface area (Å²) in [5, 5.41) is 0. The van der Waals surface area contributed by atoms with Gasteiger partial charge in [0.05, 0.1) is 5.56 Å². The second-order valence-electron chi connectivity index (χ2n) is 7.56. The van der Waals surface area contributed by atoms with Crippen LogP contribution in [0.1, 0.15) is 80.9 Å². The van der Waals surface area contributed by atoms with Gasteiger partial charge in [-0.25, -0.2) is 0 Å². The van der Waals surface area contributed by atoms with Crippen LogP contribution in [0.5, 0.6) is 0 Å². The van der Waals surface area contributed by atoms with Crippen molar-refractivity contribution in [3.05, 3.63) is 65.0 Å². The minimum absolute atomic E-state index is 0.113. The first kappa shape index (κ1) is 19.5. The molecule has 1 fully saturated rings. The minimum atomic E-state index is -0.866. The first-order valence-electron chi connectivity index (χ1n) is 10.1. The third-order valence-electron chi connectivity index (χ3n) is 5.60. The summed E-state index contributed by atoms with van der Waals surface area (Å²) in [4.78, 5) is 3.15. The highest BCUT2D eigenvalue weighted by Crippen LogP contribution is 2.37. The fourth-order valence-electron chi connectivity index (χ4n) is 3.95. The normalized spacial score (nSPS) is 19.4. The van der Waals surface area contributed by atoms with E-state index in [0.717, 1.165) is 17.5 Å². The molecule has 2 aromatic rings. The van der Waals surface area contributed by atoms with E-state index in [0.29, 0.717) is 5.92 Å². The summed E-state index contributed by atoms with van der Waals surface area (Å²) in [6.07, 6.45) is 10.7. The summed E-state index contributed by atoms with van der Waals surface area (Å²) in [5.41, 5.74) is 2.32. The third-order valence-corrected chi connectivity index (χ3v) is 5.60. The Balaban J connectivity index is 1.56. The van der Waals surface area contributed by atoms with Gasteiger partial charge in [-0.3, -0.25) is 0 Å². The molecule has 3 rings (SSSR count). The van der Waals surface area contributed by atoms with Crippen LogP contribution in [0.25, 0.3) is 0 Å². The quantitative estimate of drug-likeness (QED) is 0.329. The number of nitrogens with zero attached hydrogens (tertiary/aromatic N) is 1. The maximum atomic E-state index is 13.5. The van der Waals surface area contributed by atoms with Crippen LogP contribution >= 0.6 is 0 Å². The van der Waals surface area contributed by atoms with Gasteiger partial charge in [0, 0.05) is 5.56 Å². The van der Waals surface area contributed by atoms with E-state index < -0.39 is 11.9 Å². The highest BCUT2D eigenvalue weighted by atomic mass is 19.1. The highest BCUT2D eigenvalue weighted by Gasteiger charge is 2.21. The summed E-state index contributed by atoms with van der Waals surface area (Å²) < 4.78 is 26.4. The fourth-order valence-corrected chi connectivity index (χ4v) is 3.95. The number of rotatable bonds is 5. The molecule has 1 saturated carbocycles. The molecule has 1 aliphatic carbocycles. The van der Waals surface area contributed by atoms with E-state index in [4.69, 9.17) is 0 Å². The largest absolute Gasteiger partial charge is 0.231 e. The Morgan fingerprint density at radius 3 is 2.33 bits per heavy atom. The summed E-state index contributed by atoms with van der Waals surface area (Å²) >= 11 is 0. The molecule has 0 bridgehead atoms. The molecule has 142 valence electrons. The van der Waals surface area contributed by atoms with E-state index >= 15 is 0 Å². The summed E-state index contributed by atoms with van der Waals surface area (Å²) in [6.45, 7) is 2.26. The van der Waals surface area contributed by atoms with Crippen LogP contribution in [0.4, 0.5) is 8.78 Å². The van der Waals surface area contributed by atoms with Crippen molar-refractivity contribution in [3.8, 4) is 11.8 Å². The van der Waals surface area contributed by atoms with Gasteiger partial charge in [-0.05, 0) is 67.3 Å². The lowest BCUT2D eigenvalue weighted by Crippen LogP contribution is -2.13. The molecule has 0 spiro atoms. The van der Waals surface area contributed by atoms with Crippen LogP contribution in [0.15, 0.2) is 36.4 Å². The van der Waals surface area contributed by atoms with E-state index in [-0.39, 0.29) is 5.56 Å². The minimum Gasteiger partial charge on any atom is -0.189 e. The van der Waals surface area contributed by atoms with Crippen molar-refractivity contribution in [1.82, 2.24) is 4.98 Å². The Kier molecular flexibility index (Phi) is 6.98. The highest BCUT2D eigenvalue weighted by molar-refractivity contribution is 5.43. The topological polar surface area (TPSA) is 12.9 Å². The first-order valence-corrected chi connectivity index (χ1v) is 10.1. The average Bonchev–Trinajstić information content (AvgIpc) is 2.69. The molecule has 0 amide bonds.